The number of carbonyl (C=O) groups is 2. The van der Waals surface area contributed by atoms with Gasteiger partial charge in [0.25, 0.3) is 0 Å². The first-order chi connectivity index (χ1) is 6.36. The van der Waals surface area contributed by atoms with Crippen LogP contribution in [-0.4, -0.2) is 38.0 Å². The molecular weight excluding hydrogens is 245 g/mol. The molecule has 90 valence electrons. The number of hydrogen-bond acceptors (Lipinski definition) is 4. The SMILES string of the molecule is CS(=O)(=O)NC(N)=O.O=C(O)C(F)(F)F. The summed E-state index contributed by atoms with van der Waals surface area (Å²) >= 11 is 0. The summed E-state index contributed by atoms with van der Waals surface area (Å²) in [7, 11) is -3.45. The Labute approximate surface area is 82.1 Å². The van der Waals surface area contributed by atoms with Crippen LogP contribution >= 0.6 is 0 Å². The summed E-state index contributed by atoms with van der Waals surface area (Å²) in [5.41, 5.74) is 4.45. The number of nitrogens with two attached hydrogens (primary N) is 1. The second-order valence-corrected chi connectivity index (χ2v) is 3.79. The minimum absolute atomic E-state index is 0.845. The van der Waals surface area contributed by atoms with Crippen LogP contribution in [-0.2, 0) is 14.8 Å². The second-order valence-electron chi connectivity index (χ2n) is 2.04. The Bertz CT molecular complexity index is 335. The first-order valence-corrected chi connectivity index (χ1v) is 4.82. The molecule has 11 heteroatoms. The van der Waals surface area contributed by atoms with Crippen LogP contribution in [0.15, 0.2) is 0 Å². The molecule has 0 aromatic carbocycles. The molecule has 0 spiro atoms. The van der Waals surface area contributed by atoms with Gasteiger partial charge in [0.05, 0.1) is 6.26 Å². The van der Waals surface area contributed by atoms with E-state index >= 15 is 0 Å². The lowest BCUT2D eigenvalue weighted by Crippen LogP contribution is -2.33. The molecule has 0 aromatic rings. The quantitative estimate of drug-likeness (QED) is 0.565. The first-order valence-electron chi connectivity index (χ1n) is 2.93. The number of carbonyl (C=O) groups excluding carboxylic acids is 1. The van der Waals surface area contributed by atoms with E-state index in [2.05, 4.69) is 5.73 Å². The summed E-state index contributed by atoms with van der Waals surface area (Å²) < 4.78 is 53.3. The summed E-state index contributed by atoms with van der Waals surface area (Å²) in [6.07, 6.45) is -4.24. The molecule has 0 radical (unpaired) electrons. The lowest BCUT2D eigenvalue weighted by molar-refractivity contribution is -0.192. The van der Waals surface area contributed by atoms with Crippen LogP contribution < -0.4 is 10.5 Å². The summed E-state index contributed by atoms with van der Waals surface area (Å²) in [5, 5.41) is 7.12. The highest BCUT2D eigenvalue weighted by atomic mass is 32.2. The fourth-order valence-corrected chi connectivity index (χ4v) is 0.548. The first kappa shape index (κ1) is 15.9. The Hall–Kier alpha value is -1.52. The highest BCUT2D eigenvalue weighted by molar-refractivity contribution is 7.89. The average molecular weight is 252 g/mol. The molecule has 0 aliphatic heterocycles. The third-order valence-electron chi connectivity index (χ3n) is 0.528. The van der Waals surface area contributed by atoms with E-state index in [9.17, 15) is 26.4 Å². The molecule has 0 rings (SSSR count). The van der Waals surface area contributed by atoms with Gasteiger partial charge in [-0.3, -0.25) is 0 Å². The number of carboxylic acids is 1. The number of nitrogens with one attached hydrogen (secondary N) is 1. The van der Waals surface area contributed by atoms with E-state index in [4.69, 9.17) is 9.90 Å². The number of hydrogen-bond donors (Lipinski definition) is 3. The maximum absolute atomic E-state index is 10.6. The van der Waals surface area contributed by atoms with Gasteiger partial charge in [0.2, 0.25) is 10.0 Å². The van der Waals surface area contributed by atoms with Crippen molar-refractivity contribution in [2.45, 2.75) is 6.18 Å². The lowest BCUT2D eigenvalue weighted by atomic mass is 10.7. The zero-order valence-corrected chi connectivity index (χ0v) is 8.02. The number of halogens is 3. The van der Waals surface area contributed by atoms with Gasteiger partial charge in [-0.05, 0) is 0 Å². The number of aliphatic carboxylic acids is 1. The largest absolute Gasteiger partial charge is 0.490 e. The van der Waals surface area contributed by atoms with Gasteiger partial charge in [-0.1, -0.05) is 0 Å². The maximum Gasteiger partial charge on any atom is 0.490 e. The molecule has 0 saturated carbocycles. The number of urea groups is 1. The highest BCUT2D eigenvalue weighted by Crippen LogP contribution is 2.13. The van der Waals surface area contributed by atoms with E-state index in [-0.39, 0.29) is 0 Å². The predicted octanol–water partition coefficient (Wildman–Crippen LogP) is -0.752. The molecule has 7 nitrogen and oxygen atoms in total. The molecule has 0 atom stereocenters. The standard InChI is InChI=1S/C2HF3O2.C2H6N2O3S/c3-2(4,5)1(6)7;1-8(6,7)4-2(3)5/h(H,6,7);1H3,(H3,3,4,5). The molecule has 4 N–H and O–H groups in total. The number of carboxylic acid groups (broad SMARTS) is 1. The van der Waals surface area contributed by atoms with Crippen LogP contribution in [0.2, 0.25) is 0 Å². The smallest absolute Gasteiger partial charge is 0.475 e. The van der Waals surface area contributed by atoms with Crippen molar-refractivity contribution in [3.63, 3.8) is 0 Å². The molecule has 0 bridgehead atoms. The molecule has 0 aromatic heterocycles. The molecule has 0 aliphatic carbocycles. The molecule has 0 heterocycles. The predicted molar refractivity (Wildman–Crippen MR) is 41.3 cm³/mol. The highest BCUT2D eigenvalue weighted by Gasteiger charge is 2.38. The zero-order chi connectivity index (χ0) is 12.9. The molecule has 0 fully saturated rings. The van der Waals surface area contributed by atoms with Crippen molar-refractivity contribution in [1.82, 2.24) is 4.72 Å². The van der Waals surface area contributed by atoms with Gasteiger partial charge in [-0.25, -0.2) is 22.7 Å². The van der Waals surface area contributed by atoms with E-state index in [1.165, 1.54) is 4.72 Å². The Morgan fingerprint density at radius 2 is 1.60 bits per heavy atom. The third-order valence-corrected chi connectivity index (χ3v) is 1.10. The summed E-state index contributed by atoms with van der Waals surface area (Å²) in [4.78, 5) is 18.6. The Morgan fingerprint density at radius 3 is 1.60 bits per heavy atom. The topological polar surface area (TPSA) is 127 Å². The Morgan fingerprint density at radius 1 is 1.33 bits per heavy atom. The van der Waals surface area contributed by atoms with Crippen molar-refractivity contribution in [3.05, 3.63) is 0 Å². The van der Waals surface area contributed by atoms with E-state index < -0.39 is 28.2 Å². The number of alkyl halides is 3. The van der Waals surface area contributed by atoms with Gasteiger partial charge < -0.3 is 10.8 Å². The molecule has 0 saturated heterocycles. The fraction of sp³-hybridized carbons (Fsp3) is 0.500. The van der Waals surface area contributed by atoms with Gasteiger partial charge in [0.15, 0.2) is 0 Å². The summed E-state index contributed by atoms with van der Waals surface area (Å²) in [5.74, 6) is -2.76. The van der Waals surface area contributed by atoms with Gasteiger partial charge >= 0.3 is 18.2 Å². The monoisotopic (exact) mass is 252 g/mol. The lowest BCUT2D eigenvalue weighted by Gasteiger charge is -1.93. The van der Waals surface area contributed by atoms with Crippen LogP contribution in [0, 0.1) is 0 Å². The van der Waals surface area contributed by atoms with Gasteiger partial charge in [0, 0.05) is 0 Å². The van der Waals surface area contributed by atoms with Crippen LogP contribution in [0.1, 0.15) is 0 Å². The van der Waals surface area contributed by atoms with E-state index in [0.29, 0.717) is 0 Å². The number of amides is 2. The number of sulfonamides is 1. The molecule has 0 unspecified atom stereocenters. The normalized spacial score (nSPS) is 10.9. The summed E-state index contributed by atoms with van der Waals surface area (Å²) in [6, 6.07) is -1.06. The van der Waals surface area contributed by atoms with E-state index in [0.717, 1.165) is 6.26 Å². The van der Waals surface area contributed by atoms with Gasteiger partial charge in [-0.2, -0.15) is 13.2 Å². The number of primary amides is 1. The van der Waals surface area contributed by atoms with Crippen molar-refractivity contribution in [3.8, 4) is 0 Å². The third kappa shape index (κ3) is 15.3. The Balaban J connectivity index is 0. The van der Waals surface area contributed by atoms with E-state index in [1.54, 1.807) is 0 Å². The van der Waals surface area contributed by atoms with Crippen molar-refractivity contribution in [1.29, 1.82) is 0 Å². The van der Waals surface area contributed by atoms with E-state index in [1.807, 2.05) is 0 Å². The van der Waals surface area contributed by atoms with Gasteiger partial charge in [0.1, 0.15) is 0 Å². The van der Waals surface area contributed by atoms with Crippen molar-refractivity contribution >= 4 is 22.0 Å². The molecule has 2 amide bonds. The Kier molecular flexibility index (Phi) is 5.72. The fourth-order valence-electron chi connectivity index (χ4n) is 0.183. The van der Waals surface area contributed by atoms with Crippen LogP contribution in [0.5, 0.6) is 0 Å². The molecular formula is C4H7F3N2O5S. The van der Waals surface area contributed by atoms with Gasteiger partial charge in [-0.15, -0.1) is 0 Å². The average Bonchev–Trinajstić information content (AvgIpc) is 1.78. The maximum atomic E-state index is 10.6. The van der Waals surface area contributed by atoms with Crippen molar-refractivity contribution in [2.75, 3.05) is 6.26 Å². The number of rotatable bonds is 1. The molecule has 0 aliphatic rings. The minimum atomic E-state index is -5.08. The van der Waals surface area contributed by atoms with Crippen LogP contribution in [0.25, 0.3) is 0 Å². The van der Waals surface area contributed by atoms with Crippen molar-refractivity contribution < 1.29 is 36.3 Å². The van der Waals surface area contributed by atoms with Crippen molar-refractivity contribution in [2.24, 2.45) is 5.73 Å². The zero-order valence-electron chi connectivity index (χ0n) is 7.20. The van der Waals surface area contributed by atoms with Crippen LogP contribution in [0.3, 0.4) is 0 Å². The molecule has 15 heavy (non-hydrogen) atoms. The minimum Gasteiger partial charge on any atom is -0.475 e. The van der Waals surface area contributed by atoms with Crippen LogP contribution in [0.4, 0.5) is 18.0 Å². The summed E-state index contributed by atoms with van der Waals surface area (Å²) in [6.45, 7) is 0. The second kappa shape index (κ2) is 5.38.